The van der Waals surface area contributed by atoms with Gasteiger partial charge in [0.25, 0.3) is 0 Å². The Morgan fingerprint density at radius 1 is 1.22 bits per heavy atom. The highest BCUT2D eigenvalue weighted by molar-refractivity contribution is 7.98. The van der Waals surface area contributed by atoms with E-state index >= 15 is 0 Å². The number of carboxylic acid groups (broad SMARTS) is 1. The second kappa shape index (κ2) is 9.66. The zero-order chi connectivity index (χ0) is 26.3. The lowest BCUT2D eigenvalue weighted by atomic mass is 10.1. The molecule has 0 unspecified atom stereocenters. The van der Waals surface area contributed by atoms with Crippen LogP contribution in [0.2, 0.25) is 0 Å². The van der Waals surface area contributed by atoms with Crippen molar-refractivity contribution in [2.75, 3.05) is 7.11 Å². The summed E-state index contributed by atoms with van der Waals surface area (Å²) in [6.45, 7) is 0. The van der Waals surface area contributed by atoms with Crippen molar-refractivity contribution in [3.05, 3.63) is 65.4 Å². The Bertz CT molecular complexity index is 1500. The van der Waals surface area contributed by atoms with Crippen LogP contribution in [0.1, 0.15) is 35.7 Å². The lowest BCUT2D eigenvalue weighted by Crippen LogP contribution is -2.09. The number of aromatic nitrogens is 4. The molecule has 37 heavy (non-hydrogen) atoms. The fourth-order valence-corrected chi connectivity index (χ4v) is 4.78. The minimum Gasteiger partial charge on any atom is -0.481 e. The molecule has 1 fully saturated rings. The number of rotatable bonds is 8. The van der Waals surface area contributed by atoms with E-state index in [1.165, 1.54) is 37.1 Å². The van der Waals surface area contributed by atoms with Crippen LogP contribution in [-0.4, -0.2) is 37.7 Å². The number of ether oxygens (including phenoxy) is 1. The molecule has 0 spiro atoms. The van der Waals surface area contributed by atoms with Gasteiger partial charge in [-0.2, -0.15) is 13.2 Å². The molecule has 1 aromatic carbocycles. The molecule has 3 aromatic heterocycles. The number of aliphatic carboxylic acids is 1. The van der Waals surface area contributed by atoms with E-state index < -0.39 is 30.1 Å². The van der Waals surface area contributed by atoms with Crippen LogP contribution in [0.15, 0.2) is 47.9 Å². The molecule has 5 rings (SSSR count). The zero-order valence-corrected chi connectivity index (χ0v) is 20.2. The summed E-state index contributed by atoms with van der Waals surface area (Å²) in [4.78, 5) is 23.6. The largest absolute Gasteiger partial charge is 0.481 e. The fraction of sp³-hybridized carbons (Fsp3) is 0.280. The van der Waals surface area contributed by atoms with E-state index in [2.05, 4.69) is 15.0 Å². The lowest BCUT2D eigenvalue weighted by molar-refractivity contribution is -0.141. The van der Waals surface area contributed by atoms with Crippen LogP contribution in [0.4, 0.5) is 17.6 Å². The molecule has 3 heterocycles. The number of alkyl halides is 3. The van der Waals surface area contributed by atoms with Gasteiger partial charge in [0.1, 0.15) is 17.0 Å². The number of benzene rings is 1. The first kappa shape index (κ1) is 25.0. The van der Waals surface area contributed by atoms with Gasteiger partial charge in [0, 0.05) is 29.6 Å². The van der Waals surface area contributed by atoms with Gasteiger partial charge in [0.2, 0.25) is 5.88 Å². The van der Waals surface area contributed by atoms with Gasteiger partial charge in [-0.25, -0.2) is 19.3 Å². The normalized spacial score (nSPS) is 13.8. The van der Waals surface area contributed by atoms with E-state index in [1.54, 1.807) is 18.5 Å². The average Bonchev–Trinajstić information content (AvgIpc) is 3.63. The number of fused-ring (bicyclic) bond motifs is 1. The maximum atomic E-state index is 13.9. The van der Waals surface area contributed by atoms with Gasteiger partial charge in [-0.15, -0.1) is 0 Å². The summed E-state index contributed by atoms with van der Waals surface area (Å²) in [6.07, 6.45) is 0.268. The standard InChI is InChI=1S/C25H20F4N4O3S/c1-36-21-8-14(7-20(31-21)25(27,28)29)17-11-33(16-3-4-16)19-10-30-24(32-23(17)19)37-12-13-2-5-18(26)15(6-13)9-22(34)35/h2,5-8,10-11,16H,3-4,9,12H2,1H3,(H,34,35). The van der Waals surface area contributed by atoms with Gasteiger partial charge in [-0.05, 0) is 41.7 Å². The Kier molecular flexibility index (Phi) is 6.52. The molecule has 7 nitrogen and oxygen atoms in total. The summed E-state index contributed by atoms with van der Waals surface area (Å²) < 4.78 is 61.4. The molecule has 0 saturated heterocycles. The second-order valence-corrected chi connectivity index (χ2v) is 9.58. The average molecular weight is 533 g/mol. The molecule has 1 aliphatic carbocycles. The van der Waals surface area contributed by atoms with Crippen LogP contribution < -0.4 is 4.74 Å². The summed E-state index contributed by atoms with van der Waals surface area (Å²) in [5.74, 6) is -1.54. The minimum absolute atomic E-state index is 0.0814. The van der Waals surface area contributed by atoms with E-state index in [-0.39, 0.29) is 23.0 Å². The van der Waals surface area contributed by atoms with Crippen LogP contribution in [0, 0.1) is 5.82 Å². The van der Waals surface area contributed by atoms with Crippen molar-refractivity contribution in [3.63, 3.8) is 0 Å². The number of thioether (sulfide) groups is 1. The van der Waals surface area contributed by atoms with Crippen molar-refractivity contribution in [2.24, 2.45) is 0 Å². The van der Waals surface area contributed by atoms with Crippen LogP contribution in [0.5, 0.6) is 5.88 Å². The van der Waals surface area contributed by atoms with Crippen LogP contribution in [0.25, 0.3) is 22.2 Å². The monoisotopic (exact) mass is 532 g/mol. The van der Waals surface area contributed by atoms with Crippen LogP contribution in [-0.2, 0) is 23.1 Å². The van der Waals surface area contributed by atoms with Crippen molar-refractivity contribution in [2.45, 2.75) is 42.4 Å². The Balaban J connectivity index is 1.51. The van der Waals surface area contributed by atoms with E-state index in [1.807, 2.05) is 4.57 Å². The van der Waals surface area contributed by atoms with Crippen molar-refractivity contribution in [1.29, 1.82) is 0 Å². The molecule has 0 amide bonds. The molecule has 0 radical (unpaired) electrons. The molecular weight excluding hydrogens is 512 g/mol. The van der Waals surface area contributed by atoms with Crippen LogP contribution >= 0.6 is 11.8 Å². The summed E-state index contributed by atoms with van der Waals surface area (Å²) in [7, 11) is 1.26. The maximum absolute atomic E-state index is 13.9. The molecule has 1 aliphatic rings. The number of hydrogen-bond donors (Lipinski definition) is 1. The number of carboxylic acids is 1. The first-order valence-corrected chi connectivity index (χ1v) is 12.2. The highest BCUT2D eigenvalue weighted by Gasteiger charge is 2.34. The molecule has 1 N–H and O–H groups in total. The van der Waals surface area contributed by atoms with Gasteiger partial charge < -0.3 is 14.4 Å². The molecule has 192 valence electrons. The Morgan fingerprint density at radius 2 is 2.00 bits per heavy atom. The third-order valence-electron chi connectivity index (χ3n) is 5.92. The minimum atomic E-state index is -4.65. The van der Waals surface area contributed by atoms with Crippen molar-refractivity contribution >= 4 is 28.8 Å². The second-order valence-electron chi connectivity index (χ2n) is 8.63. The number of pyridine rings is 1. The van der Waals surface area contributed by atoms with Gasteiger partial charge in [-0.3, -0.25) is 4.79 Å². The van der Waals surface area contributed by atoms with Crippen molar-refractivity contribution in [3.8, 4) is 17.0 Å². The molecule has 0 bridgehead atoms. The smallest absolute Gasteiger partial charge is 0.433 e. The summed E-state index contributed by atoms with van der Waals surface area (Å²) >= 11 is 1.26. The SMILES string of the molecule is COc1cc(-c2cn(C3CC3)c3cnc(SCc4ccc(F)c(CC(=O)O)c4)nc23)cc(C(F)(F)F)n1. The highest BCUT2D eigenvalue weighted by Crippen LogP contribution is 2.42. The van der Waals surface area contributed by atoms with Crippen LogP contribution in [0.3, 0.4) is 0 Å². The van der Waals surface area contributed by atoms with E-state index in [0.717, 1.165) is 18.9 Å². The highest BCUT2D eigenvalue weighted by atomic mass is 32.2. The Labute approximate surface area is 212 Å². The van der Waals surface area contributed by atoms with Crippen molar-refractivity contribution in [1.82, 2.24) is 19.5 Å². The van der Waals surface area contributed by atoms with Gasteiger partial charge in [0.05, 0.1) is 25.2 Å². The first-order valence-electron chi connectivity index (χ1n) is 11.3. The molecule has 12 heteroatoms. The lowest BCUT2D eigenvalue weighted by Gasteiger charge is -2.10. The fourth-order valence-electron chi connectivity index (χ4n) is 4.03. The first-order chi connectivity index (χ1) is 17.6. The van der Waals surface area contributed by atoms with Crippen molar-refractivity contribution < 1.29 is 32.2 Å². The number of nitrogens with zero attached hydrogens (tertiary/aromatic N) is 4. The predicted molar refractivity (Wildman–Crippen MR) is 128 cm³/mol. The Morgan fingerprint density at radius 3 is 2.68 bits per heavy atom. The summed E-state index contributed by atoms with van der Waals surface area (Å²) in [5.41, 5.74) is 1.69. The van der Waals surface area contributed by atoms with Gasteiger partial charge in [0.15, 0.2) is 5.16 Å². The molecule has 4 aromatic rings. The maximum Gasteiger partial charge on any atom is 0.433 e. The summed E-state index contributed by atoms with van der Waals surface area (Å²) in [5, 5.41) is 9.36. The molecule has 0 aliphatic heterocycles. The van der Waals surface area contributed by atoms with E-state index in [0.29, 0.717) is 33.1 Å². The van der Waals surface area contributed by atoms with E-state index in [9.17, 15) is 22.4 Å². The number of hydrogen-bond acceptors (Lipinski definition) is 6. The van der Waals surface area contributed by atoms with Gasteiger partial charge in [-0.1, -0.05) is 23.9 Å². The zero-order valence-electron chi connectivity index (χ0n) is 19.4. The van der Waals surface area contributed by atoms with E-state index in [4.69, 9.17) is 9.84 Å². The Hall–Kier alpha value is -3.67. The number of carbonyl (C=O) groups is 1. The third-order valence-corrected chi connectivity index (χ3v) is 6.85. The number of methoxy groups -OCH3 is 1. The molecular formula is C25H20F4N4O3S. The number of halogens is 4. The molecule has 0 atom stereocenters. The van der Waals surface area contributed by atoms with Gasteiger partial charge >= 0.3 is 12.1 Å². The predicted octanol–water partition coefficient (Wildman–Crippen LogP) is 5.91. The molecule has 1 saturated carbocycles. The third kappa shape index (κ3) is 5.38. The quantitative estimate of drug-likeness (QED) is 0.171. The topological polar surface area (TPSA) is 90.1 Å². The summed E-state index contributed by atoms with van der Waals surface area (Å²) in [6, 6.07) is 6.93.